The van der Waals surface area contributed by atoms with Crippen molar-refractivity contribution >= 4 is 5.69 Å². The van der Waals surface area contributed by atoms with Crippen LogP contribution in [-0.2, 0) is 0 Å². The average molecular weight is 346 g/mol. The number of nitrogens with zero attached hydrogens (tertiary/aromatic N) is 3. The van der Waals surface area contributed by atoms with E-state index in [1.165, 1.54) is 43.9 Å². The molecule has 0 amide bonds. The summed E-state index contributed by atoms with van der Waals surface area (Å²) in [4.78, 5) is 7.57. The van der Waals surface area contributed by atoms with Crippen molar-refractivity contribution < 1.29 is 0 Å². The van der Waals surface area contributed by atoms with Crippen LogP contribution in [0.4, 0.5) is 5.69 Å². The Morgan fingerprint density at radius 1 is 1.04 bits per heavy atom. The minimum Gasteiger partial charge on any atom is -0.378 e. The molecule has 0 saturated carbocycles. The van der Waals surface area contributed by atoms with Gasteiger partial charge in [-0.05, 0) is 51.6 Å². The molecule has 1 aromatic carbocycles. The van der Waals surface area contributed by atoms with Gasteiger partial charge in [-0.3, -0.25) is 4.90 Å². The van der Waals surface area contributed by atoms with E-state index in [1.807, 2.05) is 13.8 Å². The molecule has 0 unspecified atom stereocenters. The Balaban J connectivity index is 0.00000151. The maximum atomic E-state index is 2.61. The normalized spacial score (nSPS) is 15.6. The Morgan fingerprint density at radius 2 is 1.68 bits per heavy atom. The number of benzene rings is 1. The molecule has 142 valence electrons. The van der Waals surface area contributed by atoms with E-state index < -0.39 is 0 Å². The van der Waals surface area contributed by atoms with Gasteiger partial charge in [0.1, 0.15) is 0 Å². The molecule has 3 heteroatoms. The Kier molecular flexibility index (Phi) is 11.1. The lowest BCUT2D eigenvalue weighted by molar-refractivity contribution is 0.241. The van der Waals surface area contributed by atoms with Crippen LogP contribution in [0.5, 0.6) is 0 Å². The number of allylic oxidation sites excluding steroid dienone is 1. The Hall–Kier alpha value is -1.48. The lowest BCUT2D eigenvalue weighted by Crippen LogP contribution is -2.47. The molecule has 25 heavy (non-hydrogen) atoms. The summed E-state index contributed by atoms with van der Waals surface area (Å²) in [5.41, 5.74) is 2.84. The first-order chi connectivity index (χ1) is 12.2. The van der Waals surface area contributed by atoms with E-state index in [0.717, 1.165) is 26.1 Å². The first-order valence-corrected chi connectivity index (χ1v) is 10.2. The summed E-state index contributed by atoms with van der Waals surface area (Å²) in [6.07, 6.45) is 4.75. The van der Waals surface area contributed by atoms with Gasteiger partial charge in [0, 0.05) is 45.0 Å². The highest BCUT2D eigenvalue weighted by molar-refractivity contribution is 5.46. The molecular formula is C22H39N3. The Bertz CT molecular complexity index is 461. The van der Waals surface area contributed by atoms with Crippen molar-refractivity contribution in [3.63, 3.8) is 0 Å². The molecule has 0 radical (unpaired) electrons. The molecule has 1 heterocycles. The monoisotopic (exact) mass is 345 g/mol. The van der Waals surface area contributed by atoms with E-state index in [-0.39, 0.29) is 0 Å². The van der Waals surface area contributed by atoms with Crippen molar-refractivity contribution in [2.75, 3.05) is 50.7 Å². The topological polar surface area (TPSA) is 9.72 Å². The fourth-order valence-electron chi connectivity index (χ4n) is 3.08. The standard InChI is InChI=1S/C20H33N3.C2H6/c1-4-19(3)18-21(5-2)12-9-13-22-14-16-23(17-15-22)20-10-7-6-8-11-20;1-2/h6-8,10-11,18H,4-5,9,12-17H2,1-3H3;1-2H3/b19-18-;. The van der Waals surface area contributed by atoms with E-state index >= 15 is 0 Å². The predicted molar refractivity (Wildman–Crippen MR) is 112 cm³/mol. The lowest BCUT2D eigenvalue weighted by atomic mass is 10.2. The van der Waals surface area contributed by atoms with Gasteiger partial charge in [0.15, 0.2) is 0 Å². The van der Waals surface area contributed by atoms with Crippen molar-refractivity contribution in [2.24, 2.45) is 0 Å². The molecule has 0 bridgehead atoms. The van der Waals surface area contributed by atoms with Crippen LogP contribution >= 0.6 is 0 Å². The van der Waals surface area contributed by atoms with Crippen molar-refractivity contribution in [1.82, 2.24) is 9.80 Å². The molecule has 0 N–H and O–H groups in total. The third-order valence-electron chi connectivity index (χ3n) is 4.78. The van der Waals surface area contributed by atoms with Gasteiger partial charge in [0.05, 0.1) is 0 Å². The summed E-state index contributed by atoms with van der Waals surface area (Å²) < 4.78 is 0. The van der Waals surface area contributed by atoms with Gasteiger partial charge in [-0.25, -0.2) is 0 Å². The highest BCUT2D eigenvalue weighted by atomic mass is 15.3. The van der Waals surface area contributed by atoms with Crippen molar-refractivity contribution in [3.05, 3.63) is 42.1 Å². The molecule has 0 atom stereocenters. The van der Waals surface area contributed by atoms with Crippen LogP contribution in [0.25, 0.3) is 0 Å². The molecule has 2 rings (SSSR count). The van der Waals surface area contributed by atoms with Crippen LogP contribution < -0.4 is 4.90 Å². The highest BCUT2D eigenvalue weighted by Gasteiger charge is 2.16. The number of para-hydroxylation sites is 1. The summed E-state index contributed by atoms with van der Waals surface area (Å²) in [7, 11) is 0. The highest BCUT2D eigenvalue weighted by Crippen LogP contribution is 2.15. The summed E-state index contributed by atoms with van der Waals surface area (Å²) >= 11 is 0. The molecule has 1 aromatic rings. The maximum absolute atomic E-state index is 2.61. The number of piperazine rings is 1. The Morgan fingerprint density at radius 3 is 2.24 bits per heavy atom. The van der Waals surface area contributed by atoms with Crippen LogP contribution in [0, 0.1) is 0 Å². The quantitative estimate of drug-likeness (QED) is 0.666. The van der Waals surface area contributed by atoms with Gasteiger partial charge in [-0.15, -0.1) is 0 Å². The maximum Gasteiger partial charge on any atom is 0.0367 e. The largest absolute Gasteiger partial charge is 0.378 e. The van der Waals surface area contributed by atoms with Crippen molar-refractivity contribution in [2.45, 2.75) is 47.5 Å². The zero-order chi connectivity index (χ0) is 18.5. The van der Waals surface area contributed by atoms with Crippen molar-refractivity contribution in [3.8, 4) is 0 Å². The number of anilines is 1. The SMILES string of the molecule is CC.CC/C(C)=C\N(CC)CCCN1CCN(c2ccccc2)CC1. The van der Waals surface area contributed by atoms with Gasteiger partial charge < -0.3 is 9.80 Å². The number of hydrogen-bond acceptors (Lipinski definition) is 3. The molecule has 1 fully saturated rings. The fourth-order valence-corrected chi connectivity index (χ4v) is 3.08. The molecule has 0 aliphatic carbocycles. The van der Waals surface area contributed by atoms with Gasteiger partial charge in [-0.2, -0.15) is 0 Å². The molecule has 0 aromatic heterocycles. The molecule has 1 aliphatic rings. The lowest BCUT2D eigenvalue weighted by Gasteiger charge is -2.36. The van der Waals surface area contributed by atoms with E-state index in [4.69, 9.17) is 0 Å². The second-order valence-electron chi connectivity index (χ2n) is 6.48. The van der Waals surface area contributed by atoms with Gasteiger partial charge >= 0.3 is 0 Å². The third kappa shape index (κ3) is 7.96. The first kappa shape index (κ1) is 21.6. The fraction of sp³-hybridized carbons (Fsp3) is 0.636. The van der Waals surface area contributed by atoms with Crippen LogP contribution in [0.15, 0.2) is 42.1 Å². The van der Waals surface area contributed by atoms with E-state index in [1.54, 1.807) is 0 Å². The van der Waals surface area contributed by atoms with Crippen LogP contribution in [0.3, 0.4) is 0 Å². The zero-order valence-corrected chi connectivity index (χ0v) is 17.2. The smallest absolute Gasteiger partial charge is 0.0367 e. The molecule has 1 aliphatic heterocycles. The minimum absolute atomic E-state index is 1.11. The molecule has 3 nitrogen and oxygen atoms in total. The van der Waals surface area contributed by atoms with Crippen LogP contribution in [0.1, 0.15) is 47.5 Å². The van der Waals surface area contributed by atoms with Gasteiger partial charge in [0.2, 0.25) is 0 Å². The number of hydrogen-bond donors (Lipinski definition) is 0. The summed E-state index contributed by atoms with van der Waals surface area (Å²) in [5.74, 6) is 0. The first-order valence-electron chi connectivity index (χ1n) is 10.2. The third-order valence-corrected chi connectivity index (χ3v) is 4.78. The summed E-state index contributed by atoms with van der Waals surface area (Å²) in [6, 6.07) is 10.8. The molecular weight excluding hydrogens is 306 g/mol. The summed E-state index contributed by atoms with van der Waals surface area (Å²) in [5, 5.41) is 0. The average Bonchev–Trinajstić information content (AvgIpc) is 2.69. The van der Waals surface area contributed by atoms with E-state index in [9.17, 15) is 0 Å². The minimum atomic E-state index is 1.11. The Labute approximate surface area is 156 Å². The van der Waals surface area contributed by atoms with Crippen molar-refractivity contribution in [1.29, 1.82) is 0 Å². The van der Waals surface area contributed by atoms with E-state index in [2.05, 4.69) is 72.0 Å². The molecule has 0 spiro atoms. The van der Waals surface area contributed by atoms with Crippen LogP contribution in [-0.4, -0.2) is 55.6 Å². The van der Waals surface area contributed by atoms with Crippen LogP contribution in [0.2, 0.25) is 0 Å². The van der Waals surface area contributed by atoms with Gasteiger partial charge in [0.25, 0.3) is 0 Å². The second-order valence-corrected chi connectivity index (χ2v) is 6.48. The summed E-state index contributed by atoms with van der Waals surface area (Å²) in [6.45, 7) is 18.9. The van der Waals surface area contributed by atoms with Gasteiger partial charge in [-0.1, -0.05) is 44.5 Å². The molecule has 1 saturated heterocycles. The number of rotatable bonds is 8. The second kappa shape index (κ2) is 12.8. The van der Waals surface area contributed by atoms with E-state index in [0.29, 0.717) is 0 Å². The predicted octanol–water partition coefficient (Wildman–Crippen LogP) is 4.86. The zero-order valence-electron chi connectivity index (χ0n) is 17.2.